The minimum absolute atomic E-state index is 0.0945. The van der Waals surface area contributed by atoms with Crippen LogP contribution in [0.15, 0.2) is 18.2 Å². The number of H-pyrrole nitrogens is 1. The van der Waals surface area contributed by atoms with Gasteiger partial charge in [-0.15, -0.1) is 13.2 Å². The fourth-order valence-electron chi connectivity index (χ4n) is 4.09. The van der Waals surface area contributed by atoms with Crippen LogP contribution in [0.3, 0.4) is 0 Å². The Balaban J connectivity index is 0.000000706. The van der Waals surface area contributed by atoms with Crippen LogP contribution in [0.4, 0.5) is 13.2 Å². The van der Waals surface area contributed by atoms with E-state index in [1.807, 2.05) is 0 Å². The summed E-state index contributed by atoms with van der Waals surface area (Å²) in [7, 11) is 0. The fraction of sp³-hybridized carbons (Fsp3) is 0.500. The van der Waals surface area contributed by atoms with Crippen LogP contribution in [-0.2, 0) is 4.79 Å². The number of Topliss-reactive ketones (excluding diaryl/α,β-unsaturated/α-hetero) is 1. The number of aromatic nitrogens is 2. The van der Waals surface area contributed by atoms with E-state index >= 15 is 0 Å². The highest BCUT2D eigenvalue weighted by atomic mass is 19.4. The van der Waals surface area contributed by atoms with E-state index in [4.69, 9.17) is 9.90 Å². The molecule has 0 amide bonds. The first kappa shape index (κ1) is 20.1. The number of rotatable bonds is 4. The quantitative estimate of drug-likeness (QED) is 0.606. The van der Waals surface area contributed by atoms with Crippen LogP contribution in [0.25, 0.3) is 10.9 Å². The first-order chi connectivity index (χ1) is 13.3. The minimum atomic E-state index is -4.79. The highest BCUT2D eigenvalue weighted by Crippen LogP contribution is 2.36. The van der Waals surface area contributed by atoms with E-state index in [2.05, 4.69) is 19.8 Å². The Morgan fingerprint density at radius 3 is 2.61 bits per heavy atom. The molecule has 1 aromatic carbocycles. The van der Waals surface area contributed by atoms with Crippen LogP contribution in [0.2, 0.25) is 0 Å². The number of benzene rings is 1. The van der Waals surface area contributed by atoms with Gasteiger partial charge in [0.25, 0.3) is 6.47 Å². The molecule has 2 bridgehead atoms. The summed E-state index contributed by atoms with van der Waals surface area (Å²) in [5.74, 6) is 0.355. The van der Waals surface area contributed by atoms with Crippen molar-refractivity contribution in [2.45, 2.75) is 25.6 Å². The second-order valence-corrected chi connectivity index (χ2v) is 6.93. The van der Waals surface area contributed by atoms with Crippen LogP contribution in [0.5, 0.6) is 5.75 Å². The Labute approximate surface area is 158 Å². The largest absolute Gasteiger partial charge is 0.573 e. The Morgan fingerprint density at radius 1 is 1.36 bits per heavy atom. The maximum Gasteiger partial charge on any atom is 0.573 e. The van der Waals surface area contributed by atoms with Gasteiger partial charge in [0.2, 0.25) is 0 Å². The summed E-state index contributed by atoms with van der Waals surface area (Å²) < 4.78 is 41.5. The first-order valence-electron chi connectivity index (χ1n) is 8.88. The summed E-state index contributed by atoms with van der Waals surface area (Å²) in [4.78, 5) is 23.4. The number of ketones is 1. The number of carbonyl (C=O) groups excluding carboxylic acids is 1. The first-order valence-corrected chi connectivity index (χ1v) is 8.88. The zero-order valence-electron chi connectivity index (χ0n) is 14.9. The molecule has 1 atom stereocenters. The van der Waals surface area contributed by atoms with Crippen molar-refractivity contribution in [3.63, 3.8) is 0 Å². The van der Waals surface area contributed by atoms with Crippen molar-refractivity contribution in [2.75, 3.05) is 19.6 Å². The molecule has 0 radical (unpaired) electrons. The molecule has 1 aromatic heterocycles. The van der Waals surface area contributed by atoms with Gasteiger partial charge in [-0.2, -0.15) is 5.10 Å². The molecule has 3 fully saturated rings. The molecule has 3 saturated heterocycles. The normalized spacial score (nSPS) is 23.8. The number of nitrogens with zero attached hydrogens (tertiary/aromatic N) is 2. The molecule has 152 valence electrons. The fourth-order valence-corrected chi connectivity index (χ4v) is 4.09. The van der Waals surface area contributed by atoms with E-state index in [-0.39, 0.29) is 29.2 Å². The Bertz CT molecular complexity index is 844. The molecular weight excluding hydrogens is 379 g/mol. The van der Waals surface area contributed by atoms with Crippen molar-refractivity contribution >= 4 is 23.2 Å². The molecule has 0 spiro atoms. The lowest BCUT2D eigenvalue weighted by Crippen LogP contribution is -2.47. The van der Waals surface area contributed by atoms with E-state index < -0.39 is 6.36 Å². The van der Waals surface area contributed by atoms with Crippen LogP contribution < -0.4 is 4.74 Å². The van der Waals surface area contributed by atoms with Crippen molar-refractivity contribution in [3.05, 3.63) is 23.9 Å². The lowest BCUT2D eigenvalue weighted by Gasteiger charge is -2.44. The second kappa shape index (κ2) is 8.17. The van der Waals surface area contributed by atoms with Gasteiger partial charge in [0.05, 0.1) is 0 Å². The number of alkyl halides is 3. The van der Waals surface area contributed by atoms with Gasteiger partial charge in [-0.25, -0.2) is 0 Å². The molecule has 3 aliphatic heterocycles. The van der Waals surface area contributed by atoms with Gasteiger partial charge >= 0.3 is 6.36 Å². The highest BCUT2D eigenvalue weighted by molar-refractivity contribution is 6.07. The van der Waals surface area contributed by atoms with Crippen molar-refractivity contribution in [1.29, 1.82) is 0 Å². The van der Waals surface area contributed by atoms with Gasteiger partial charge in [0, 0.05) is 18.4 Å². The lowest BCUT2D eigenvalue weighted by atomic mass is 9.76. The Morgan fingerprint density at radius 2 is 2.04 bits per heavy atom. The number of carboxylic acid groups (broad SMARTS) is 1. The second-order valence-electron chi connectivity index (χ2n) is 6.93. The maximum atomic E-state index is 12.7. The van der Waals surface area contributed by atoms with Crippen LogP contribution in [0, 0.1) is 11.8 Å². The van der Waals surface area contributed by atoms with Crippen LogP contribution >= 0.6 is 0 Å². The summed E-state index contributed by atoms with van der Waals surface area (Å²) in [5, 5.41) is 13.8. The predicted molar refractivity (Wildman–Crippen MR) is 93.1 cm³/mol. The van der Waals surface area contributed by atoms with Crippen molar-refractivity contribution in [2.24, 2.45) is 11.8 Å². The average Bonchev–Trinajstić information content (AvgIpc) is 3.07. The smallest absolute Gasteiger partial charge is 0.483 e. The number of para-hydroxylation sites is 1. The number of hydrogen-bond acceptors (Lipinski definition) is 5. The lowest BCUT2D eigenvalue weighted by molar-refractivity contribution is -0.274. The van der Waals surface area contributed by atoms with E-state index in [0.29, 0.717) is 23.6 Å². The van der Waals surface area contributed by atoms with Crippen molar-refractivity contribution in [1.82, 2.24) is 15.1 Å². The molecule has 0 aliphatic carbocycles. The molecule has 7 nitrogen and oxygen atoms in total. The van der Waals surface area contributed by atoms with Gasteiger partial charge < -0.3 is 14.7 Å². The van der Waals surface area contributed by atoms with Gasteiger partial charge in [-0.3, -0.25) is 14.7 Å². The molecule has 3 aliphatic rings. The third-order valence-electron chi connectivity index (χ3n) is 5.29. The summed E-state index contributed by atoms with van der Waals surface area (Å²) in [6.45, 7) is 2.86. The summed E-state index contributed by atoms with van der Waals surface area (Å²) in [6.07, 6.45) is -2.18. The van der Waals surface area contributed by atoms with Gasteiger partial charge in [-0.05, 0) is 43.8 Å². The molecule has 4 heterocycles. The maximum absolute atomic E-state index is 12.7. The predicted octanol–water partition coefficient (Wildman–Crippen LogP) is 3.08. The molecule has 2 aromatic rings. The summed E-state index contributed by atoms with van der Waals surface area (Å²) in [6, 6.07) is 4.23. The third-order valence-corrected chi connectivity index (χ3v) is 5.29. The van der Waals surface area contributed by atoms with E-state index in [1.54, 1.807) is 6.07 Å². The van der Waals surface area contributed by atoms with E-state index in [1.165, 1.54) is 12.1 Å². The Hall–Kier alpha value is -2.62. The van der Waals surface area contributed by atoms with Crippen LogP contribution in [0.1, 0.15) is 29.8 Å². The minimum Gasteiger partial charge on any atom is -0.483 e. The van der Waals surface area contributed by atoms with Gasteiger partial charge in [0.1, 0.15) is 11.2 Å². The zero-order chi connectivity index (χ0) is 20.3. The van der Waals surface area contributed by atoms with Crippen molar-refractivity contribution in [3.8, 4) is 5.75 Å². The number of hydrogen-bond donors (Lipinski definition) is 2. The zero-order valence-corrected chi connectivity index (χ0v) is 14.9. The Kier molecular flexibility index (Phi) is 5.87. The molecule has 0 saturated carbocycles. The number of piperidine rings is 3. The van der Waals surface area contributed by atoms with Gasteiger partial charge in [-0.1, -0.05) is 12.1 Å². The van der Waals surface area contributed by atoms with E-state index in [9.17, 15) is 18.0 Å². The average molecular weight is 399 g/mol. The molecule has 2 N–H and O–H groups in total. The number of nitrogens with one attached hydrogen (secondary N) is 1. The highest BCUT2D eigenvalue weighted by Gasteiger charge is 2.36. The number of carbonyl (C=O) groups is 2. The topological polar surface area (TPSA) is 95.5 Å². The monoisotopic (exact) mass is 399 g/mol. The number of halogens is 3. The standard InChI is InChI=1S/C17H18F3N3O2.CH2O2/c18-17(19,20)25-14-3-1-2-12-15(21-22-16(12)14)13(24)8-11-9-23-6-4-10(11)5-7-23;2-1-3/h1-3,10-11H,4-9H2,(H,21,22);1H,(H,2,3)/t11-;/m1./s1. The molecule has 10 heteroatoms. The summed E-state index contributed by atoms with van der Waals surface area (Å²) in [5.41, 5.74) is 0.288. The molecule has 5 rings (SSSR count). The van der Waals surface area contributed by atoms with E-state index in [0.717, 1.165) is 32.5 Å². The molecular formula is C18H20F3N3O4. The van der Waals surface area contributed by atoms with Gasteiger partial charge in [0.15, 0.2) is 11.5 Å². The number of ether oxygens (including phenoxy) is 1. The molecule has 28 heavy (non-hydrogen) atoms. The third kappa shape index (κ3) is 4.44. The molecule has 0 unspecified atom stereocenters. The number of aromatic amines is 1. The van der Waals surface area contributed by atoms with Crippen molar-refractivity contribution < 1.29 is 32.6 Å². The van der Waals surface area contributed by atoms with Crippen LogP contribution in [-0.4, -0.2) is 58.5 Å². The number of fused-ring (bicyclic) bond motifs is 4. The SMILES string of the molecule is O=C(C[C@@H]1CN2CCC1CC2)c1n[nH]c2c(OC(F)(F)F)cccc12.O=CO. The summed E-state index contributed by atoms with van der Waals surface area (Å²) >= 11 is 0.